The lowest BCUT2D eigenvalue weighted by Gasteiger charge is -2.15. The SMILES string of the molecule is CCCCS(=O)(=O)N[C@@H](CCN)C(=O)OC. The number of esters is 1. The second-order valence-corrected chi connectivity index (χ2v) is 5.32. The molecule has 0 radical (unpaired) electrons. The number of carbonyl (C=O) groups is 1. The molecule has 0 amide bonds. The molecule has 0 aromatic heterocycles. The fraction of sp³-hybridized carbons (Fsp3) is 0.889. The minimum Gasteiger partial charge on any atom is -0.468 e. The first kappa shape index (κ1) is 15.3. The Bertz CT molecular complexity index is 303. The van der Waals surface area contributed by atoms with Crippen LogP contribution in [0.15, 0.2) is 0 Å². The smallest absolute Gasteiger partial charge is 0.323 e. The zero-order valence-corrected chi connectivity index (χ0v) is 10.5. The normalized spacial score (nSPS) is 13.4. The Morgan fingerprint density at radius 2 is 2.12 bits per heavy atom. The van der Waals surface area contributed by atoms with Gasteiger partial charge < -0.3 is 10.5 Å². The van der Waals surface area contributed by atoms with Gasteiger partial charge in [-0.3, -0.25) is 4.79 Å². The van der Waals surface area contributed by atoms with Gasteiger partial charge in [-0.15, -0.1) is 0 Å². The van der Waals surface area contributed by atoms with E-state index in [-0.39, 0.29) is 18.7 Å². The molecule has 0 spiro atoms. The number of hydrogen-bond acceptors (Lipinski definition) is 5. The quantitative estimate of drug-likeness (QED) is 0.572. The van der Waals surface area contributed by atoms with E-state index in [0.717, 1.165) is 6.42 Å². The average Bonchev–Trinajstić information content (AvgIpc) is 2.24. The summed E-state index contributed by atoms with van der Waals surface area (Å²) in [7, 11) is -2.21. The molecule has 0 saturated heterocycles. The fourth-order valence-electron chi connectivity index (χ4n) is 1.14. The first-order chi connectivity index (χ1) is 7.46. The van der Waals surface area contributed by atoms with Gasteiger partial charge in [0.25, 0.3) is 0 Å². The number of carbonyl (C=O) groups excluding carboxylic acids is 1. The number of sulfonamides is 1. The Hall–Kier alpha value is -0.660. The molecule has 0 heterocycles. The number of ether oxygens (including phenoxy) is 1. The molecule has 0 rings (SSSR count). The van der Waals surface area contributed by atoms with Crippen LogP contribution in [-0.4, -0.2) is 39.8 Å². The van der Waals surface area contributed by atoms with Crippen molar-refractivity contribution in [3.05, 3.63) is 0 Å². The van der Waals surface area contributed by atoms with Gasteiger partial charge in [-0.25, -0.2) is 13.1 Å². The predicted molar refractivity (Wildman–Crippen MR) is 61.3 cm³/mol. The zero-order valence-electron chi connectivity index (χ0n) is 9.73. The first-order valence-corrected chi connectivity index (χ1v) is 6.90. The van der Waals surface area contributed by atoms with Gasteiger partial charge in [0.1, 0.15) is 6.04 Å². The molecule has 0 aliphatic rings. The lowest BCUT2D eigenvalue weighted by atomic mass is 10.2. The molecule has 0 aliphatic carbocycles. The number of methoxy groups -OCH3 is 1. The van der Waals surface area contributed by atoms with Gasteiger partial charge in [0.2, 0.25) is 10.0 Å². The third-order valence-corrected chi connectivity index (χ3v) is 3.50. The number of nitrogens with two attached hydrogens (primary N) is 1. The van der Waals surface area contributed by atoms with E-state index in [9.17, 15) is 13.2 Å². The van der Waals surface area contributed by atoms with Crippen molar-refractivity contribution in [2.45, 2.75) is 32.2 Å². The molecule has 0 bridgehead atoms. The second-order valence-electron chi connectivity index (χ2n) is 3.44. The molecule has 3 N–H and O–H groups in total. The van der Waals surface area contributed by atoms with Crippen molar-refractivity contribution >= 4 is 16.0 Å². The molecule has 0 aromatic carbocycles. The van der Waals surface area contributed by atoms with Crippen molar-refractivity contribution in [3.8, 4) is 0 Å². The van der Waals surface area contributed by atoms with Gasteiger partial charge in [0.05, 0.1) is 12.9 Å². The van der Waals surface area contributed by atoms with Gasteiger partial charge in [0.15, 0.2) is 0 Å². The summed E-state index contributed by atoms with van der Waals surface area (Å²) >= 11 is 0. The molecule has 6 nitrogen and oxygen atoms in total. The minimum atomic E-state index is -3.43. The van der Waals surface area contributed by atoms with E-state index >= 15 is 0 Å². The Morgan fingerprint density at radius 3 is 2.56 bits per heavy atom. The number of hydrogen-bond donors (Lipinski definition) is 2. The van der Waals surface area contributed by atoms with E-state index in [2.05, 4.69) is 9.46 Å². The van der Waals surface area contributed by atoms with Gasteiger partial charge in [-0.1, -0.05) is 13.3 Å². The maximum absolute atomic E-state index is 11.5. The van der Waals surface area contributed by atoms with Crippen molar-refractivity contribution in [1.82, 2.24) is 4.72 Å². The lowest BCUT2D eigenvalue weighted by Crippen LogP contribution is -2.43. The van der Waals surface area contributed by atoms with Crippen LogP contribution < -0.4 is 10.5 Å². The van der Waals surface area contributed by atoms with Crippen molar-refractivity contribution < 1.29 is 17.9 Å². The third kappa shape index (κ3) is 6.04. The lowest BCUT2D eigenvalue weighted by molar-refractivity contribution is -0.142. The molecular formula is C9H20N2O4S. The van der Waals surface area contributed by atoms with Crippen LogP contribution in [0.3, 0.4) is 0 Å². The van der Waals surface area contributed by atoms with E-state index < -0.39 is 22.0 Å². The van der Waals surface area contributed by atoms with Crippen molar-refractivity contribution in [1.29, 1.82) is 0 Å². The molecule has 0 aromatic rings. The van der Waals surface area contributed by atoms with E-state index in [1.807, 2.05) is 6.92 Å². The topological polar surface area (TPSA) is 98.5 Å². The highest BCUT2D eigenvalue weighted by atomic mass is 32.2. The van der Waals surface area contributed by atoms with Gasteiger partial charge in [-0.2, -0.15) is 0 Å². The van der Waals surface area contributed by atoms with Gasteiger partial charge in [0, 0.05) is 0 Å². The van der Waals surface area contributed by atoms with Crippen molar-refractivity contribution in [2.24, 2.45) is 5.73 Å². The number of unbranched alkanes of at least 4 members (excludes halogenated alkanes) is 1. The maximum Gasteiger partial charge on any atom is 0.323 e. The van der Waals surface area contributed by atoms with Crippen LogP contribution in [0.2, 0.25) is 0 Å². The average molecular weight is 252 g/mol. The predicted octanol–water partition coefficient (Wildman–Crippen LogP) is -0.404. The number of nitrogens with one attached hydrogen (secondary N) is 1. The summed E-state index contributed by atoms with van der Waals surface area (Å²) < 4.78 is 29.9. The summed E-state index contributed by atoms with van der Waals surface area (Å²) in [5.74, 6) is -0.591. The molecule has 0 aliphatic heterocycles. The zero-order chi connectivity index (χ0) is 12.6. The molecule has 1 atom stereocenters. The summed E-state index contributed by atoms with van der Waals surface area (Å²) in [4.78, 5) is 11.2. The highest BCUT2D eigenvalue weighted by Crippen LogP contribution is 2.00. The van der Waals surface area contributed by atoms with Crippen LogP contribution >= 0.6 is 0 Å². The summed E-state index contributed by atoms with van der Waals surface area (Å²) in [6.07, 6.45) is 1.57. The summed E-state index contributed by atoms with van der Waals surface area (Å²) in [6, 6.07) is -0.878. The van der Waals surface area contributed by atoms with Crippen LogP contribution in [0.4, 0.5) is 0 Å². The molecule has 0 saturated carbocycles. The third-order valence-electron chi connectivity index (χ3n) is 2.03. The van der Waals surface area contributed by atoms with Gasteiger partial charge in [-0.05, 0) is 19.4 Å². The molecule has 96 valence electrons. The Morgan fingerprint density at radius 1 is 1.50 bits per heavy atom. The van der Waals surface area contributed by atoms with E-state index in [4.69, 9.17) is 5.73 Å². The monoisotopic (exact) mass is 252 g/mol. The Balaban J connectivity index is 4.43. The largest absolute Gasteiger partial charge is 0.468 e. The molecular weight excluding hydrogens is 232 g/mol. The summed E-state index contributed by atoms with van der Waals surface area (Å²) in [6.45, 7) is 2.11. The summed E-state index contributed by atoms with van der Waals surface area (Å²) in [5, 5.41) is 0. The van der Waals surface area contributed by atoms with Crippen LogP contribution in [0.1, 0.15) is 26.2 Å². The molecule has 16 heavy (non-hydrogen) atoms. The standard InChI is InChI=1S/C9H20N2O4S/c1-3-4-7-16(13,14)11-8(5-6-10)9(12)15-2/h8,11H,3-7,10H2,1-2H3/t8-/m0/s1. The van der Waals surface area contributed by atoms with Crippen LogP contribution in [0, 0.1) is 0 Å². The van der Waals surface area contributed by atoms with Crippen LogP contribution in [-0.2, 0) is 19.6 Å². The van der Waals surface area contributed by atoms with Crippen LogP contribution in [0.5, 0.6) is 0 Å². The first-order valence-electron chi connectivity index (χ1n) is 5.24. The Labute approximate surface area is 96.6 Å². The van der Waals surface area contributed by atoms with E-state index in [0.29, 0.717) is 6.42 Å². The highest BCUT2D eigenvalue weighted by Gasteiger charge is 2.23. The minimum absolute atomic E-state index is 0.0154. The van der Waals surface area contributed by atoms with Gasteiger partial charge >= 0.3 is 5.97 Å². The maximum atomic E-state index is 11.5. The summed E-state index contributed by atoms with van der Waals surface area (Å²) in [5.41, 5.74) is 5.30. The second kappa shape index (κ2) is 7.59. The fourth-order valence-corrected chi connectivity index (χ4v) is 2.58. The van der Waals surface area contributed by atoms with Crippen molar-refractivity contribution in [2.75, 3.05) is 19.4 Å². The molecule has 0 fully saturated rings. The van der Waals surface area contributed by atoms with Crippen LogP contribution in [0.25, 0.3) is 0 Å². The molecule has 0 unspecified atom stereocenters. The highest BCUT2D eigenvalue weighted by molar-refractivity contribution is 7.89. The van der Waals surface area contributed by atoms with Crippen molar-refractivity contribution in [3.63, 3.8) is 0 Å². The number of rotatable bonds is 8. The van der Waals surface area contributed by atoms with E-state index in [1.54, 1.807) is 0 Å². The Kier molecular flexibility index (Phi) is 7.27. The van der Waals surface area contributed by atoms with E-state index in [1.165, 1.54) is 7.11 Å². The molecule has 7 heteroatoms.